The Kier molecular flexibility index (Phi) is 4.04. The number of rotatable bonds is 5. The summed E-state index contributed by atoms with van der Waals surface area (Å²) in [4.78, 5) is 17.5. The molecule has 0 aromatic carbocycles. The molecule has 0 atom stereocenters. The number of anilines is 1. The van der Waals surface area contributed by atoms with Gasteiger partial charge in [-0.3, -0.25) is 4.79 Å². The molecule has 1 amide bonds. The number of carbonyl (C=O) groups excluding carboxylic acids is 1. The zero-order valence-electron chi connectivity index (χ0n) is 11.8. The Morgan fingerprint density at radius 1 is 1.47 bits per heavy atom. The predicted molar refractivity (Wildman–Crippen MR) is 74.3 cm³/mol. The van der Waals surface area contributed by atoms with Crippen molar-refractivity contribution in [2.24, 2.45) is 0 Å². The number of methoxy groups -OCH3 is 1. The van der Waals surface area contributed by atoms with Gasteiger partial charge in [-0.25, -0.2) is 4.98 Å². The van der Waals surface area contributed by atoms with Crippen molar-refractivity contribution in [3.63, 3.8) is 0 Å². The minimum absolute atomic E-state index is 0.0280. The SMILES string of the molecule is COC1(CNc2ccc(C(=O)N(C)C)cn2)CCC1. The minimum atomic E-state index is -0.0357. The second-order valence-corrected chi connectivity index (χ2v) is 5.23. The summed E-state index contributed by atoms with van der Waals surface area (Å²) in [6.07, 6.45) is 5.01. The number of pyridine rings is 1. The molecule has 1 fully saturated rings. The van der Waals surface area contributed by atoms with Gasteiger partial charge in [0.1, 0.15) is 5.82 Å². The van der Waals surface area contributed by atoms with Crippen molar-refractivity contribution in [1.29, 1.82) is 0 Å². The summed E-state index contributed by atoms with van der Waals surface area (Å²) < 4.78 is 5.54. The van der Waals surface area contributed by atoms with E-state index in [9.17, 15) is 4.79 Å². The first-order chi connectivity index (χ1) is 9.06. The van der Waals surface area contributed by atoms with Crippen LogP contribution < -0.4 is 5.32 Å². The molecular weight excluding hydrogens is 242 g/mol. The van der Waals surface area contributed by atoms with Crippen molar-refractivity contribution < 1.29 is 9.53 Å². The van der Waals surface area contributed by atoms with Gasteiger partial charge < -0.3 is 15.0 Å². The maximum Gasteiger partial charge on any atom is 0.254 e. The average Bonchev–Trinajstić information content (AvgIpc) is 2.38. The molecule has 0 spiro atoms. The third kappa shape index (κ3) is 3.04. The highest BCUT2D eigenvalue weighted by molar-refractivity contribution is 5.93. The molecule has 1 aromatic rings. The number of hydrogen-bond acceptors (Lipinski definition) is 4. The molecular formula is C14H21N3O2. The summed E-state index contributed by atoms with van der Waals surface area (Å²) in [6.45, 7) is 0.761. The Hall–Kier alpha value is -1.62. The van der Waals surface area contributed by atoms with Crippen LogP contribution in [-0.2, 0) is 4.74 Å². The van der Waals surface area contributed by atoms with Crippen LogP contribution in [0.15, 0.2) is 18.3 Å². The van der Waals surface area contributed by atoms with Crippen molar-refractivity contribution in [3.05, 3.63) is 23.9 Å². The van der Waals surface area contributed by atoms with E-state index in [1.807, 2.05) is 6.07 Å². The van der Waals surface area contributed by atoms with Gasteiger partial charge in [-0.2, -0.15) is 0 Å². The third-order valence-electron chi connectivity index (χ3n) is 3.71. The van der Waals surface area contributed by atoms with Gasteiger partial charge in [-0.05, 0) is 31.4 Å². The average molecular weight is 263 g/mol. The maximum absolute atomic E-state index is 11.7. The molecule has 0 saturated heterocycles. The van der Waals surface area contributed by atoms with E-state index < -0.39 is 0 Å². The topological polar surface area (TPSA) is 54.5 Å². The van der Waals surface area contributed by atoms with Crippen LogP contribution in [0.1, 0.15) is 29.6 Å². The highest BCUT2D eigenvalue weighted by Crippen LogP contribution is 2.34. The van der Waals surface area contributed by atoms with E-state index in [1.165, 1.54) is 6.42 Å². The first-order valence-electron chi connectivity index (χ1n) is 6.53. The van der Waals surface area contributed by atoms with Crippen LogP contribution in [0.2, 0.25) is 0 Å². The van der Waals surface area contributed by atoms with Crippen LogP contribution in [-0.4, -0.2) is 49.1 Å². The third-order valence-corrected chi connectivity index (χ3v) is 3.71. The Morgan fingerprint density at radius 2 is 2.21 bits per heavy atom. The predicted octanol–water partition coefficient (Wildman–Crippen LogP) is 1.76. The fourth-order valence-electron chi connectivity index (χ4n) is 2.16. The van der Waals surface area contributed by atoms with E-state index in [4.69, 9.17) is 4.74 Å². The lowest BCUT2D eigenvalue weighted by Gasteiger charge is -2.40. The molecule has 1 saturated carbocycles. The smallest absolute Gasteiger partial charge is 0.254 e. The molecule has 2 rings (SSSR count). The van der Waals surface area contributed by atoms with Crippen LogP contribution >= 0.6 is 0 Å². The molecule has 0 radical (unpaired) electrons. The minimum Gasteiger partial charge on any atom is -0.376 e. The normalized spacial score (nSPS) is 16.6. The Morgan fingerprint density at radius 3 is 2.63 bits per heavy atom. The highest BCUT2D eigenvalue weighted by atomic mass is 16.5. The lowest BCUT2D eigenvalue weighted by molar-refractivity contribution is -0.0601. The van der Waals surface area contributed by atoms with E-state index in [2.05, 4.69) is 10.3 Å². The molecule has 104 valence electrons. The maximum atomic E-state index is 11.7. The van der Waals surface area contributed by atoms with Gasteiger partial charge in [-0.15, -0.1) is 0 Å². The summed E-state index contributed by atoms with van der Waals surface area (Å²) in [5.41, 5.74) is 0.570. The Labute approximate surface area is 114 Å². The number of aromatic nitrogens is 1. The molecule has 0 aliphatic heterocycles. The molecule has 1 N–H and O–H groups in total. The van der Waals surface area contributed by atoms with Gasteiger partial charge in [0.25, 0.3) is 5.91 Å². The van der Waals surface area contributed by atoms with E-state index in [1.54, 1.807) is 38.4 Å². The number of nitrogens with one attached hydrogen (secondary N) is 1. The second kappa shape index (κ2) is 5.57. The monoisotopic (exact) mass is 263 g/mol. The van der Waals surface area contributed by atoms with E-state index in [0.717, 1.165) is 25.2 Å². The molecule has 0 unspecified atom stereocenters. The molecule has 0 bridgehead atoms. The molecule has 5 heteroatoms. The standard InChI is InChI=1S/C14H21N3O2/c1-17(2)13(18)11-5-6-12(15-9-11)16-10-14(19-3)7-4-8-14/h5-6,9H,4,7-8,10H2,1-3H3,(H,15,16). The number of hydrogen-bond donors (Lipinski definition) is 1. The molecule has 1 aliphatic carbocycles. The van der Waals surface area contributed by atoms with E-state index >= 15 is 0 Å². The van der Waals surface area contributed by atoms with Gasteiger partial charge in [0, 0.05) is 33.9 Å². The largest absolute Gasteiger partial charge is 0.376 e. The van der Waals surface area contributed by atoms with Crippen molar-refractivity contribution in [2.75, 3.05) is 33.1 Å². The fraction of sp³-hybridized carbons (Fsp3) is 0.571. The highest BCUT2D eigenvalue weighted by Gasteiger charge is 2.36. The van der Waals surface area contributed by atoms with Gasteiger partial charge in [0.2, 0.25) is 0 Å². The summed E-state index contributed by atoms with van der Waals surface area (Å²) >= 11 is 0. The van der Waals surface area contributed by atoms with E-state index in [0.29, 0.717) is 5.56 Å². The first-order valence-corrected chi connectivity index (χ1v) is 6.53. The molecule has 5 nitrogen and oxygen atoms in total. The van der Waals surface area contributed by atoms with Crippen molar-refractivity contribution in [2.45, 2.75) is 24.9 Å². The van der Waals surface area contributed by atoms with Crippen molar-refractivity contribution >= 4 is 11.7 Å². The van der Waals surface area contributed by atoms with Gasteiger partial charge >= 0.3 is 0 Å². The molecule has 19 heavy (non-hydrogen) atoms. The fourth-order valence-corrected chi connectivity index (χ4v) is 2.16. The number of amides is 1. The second-order valence-electron chi connectivity index (χ2n) is 5.23. The summed E-state index contributed by atoms with van der Waals surface area (Å²) in [5.74, 6) is 0.741. The van der Waals surface area contributed by atoms with E-state index in [-0.39, 0.29) is 11.5 Å². The van der Waals surface area contributed by atoms with Crippen LogP contribution in [0, 0.1) is 0 Å². The Balaban J connectivity index is 1.93. The summed E-state index contributed by atoms with van der Waals surface area (Å²) in [6, 6.07) is 3.62. The van der Waals surface area contributed by atoms with Crippen LogP contribution in [0.4, 0.5) is 5.82 Å². The molecule has 1 aromatic heterocycles. The van der Waals surface area contributed by atoms with Gasteiger partial charge in [0.05, 0.1) is 11.2 Å². The summed E-state index contributed by atoms with van der Waals surface area (Å²) in [5, 5.41) is 3.27. The van der Waals surface area contributed by atoms with Crippen LogP contribution in [0.25, 0.3) is 0 Å². The lowest BCUT2D eigenvalue weighted by atomic mass is 9.80. The number of ether oxygens (including phenoxy) is 1. The van der Waals surface area contributed by atoms with Gasteiger partial charge in [-0.1, -0.05) is 0 Å². The lowest BCUT2D eigenvalue weighted by Crippen LogP contribution is -2.45. The quantitative estimate of drug-likeness (QED) is 0.879. The number of nitrogens with zero attached hydrogens (tertiary/aromatic N) is 2. The summed E-state index contributed by atoms with van der Waals surface area (Å²) in [7, 11) is 5.22. The molecule has 1 heterocycles. The first kappa shape index (κ1) is 13.8. The van der Waals surface area contributed by atoms with Crippen LogP contribution in [0.5, 0.6) is 0 Å². The van der Waals surface area contributed by atoms with Gasteiger partial charge in [0.15, 0.2) is 0 Å². The van der Waals surface area contributed by atoms with Crippen LogP contribution in [0.3, 0.4) is 0 Å². The zero-order valence-corrected chi connectivity index (χ0v) is 11.8. The zero-order chi connectivity index (χ0) is 13.9. The van der Waals surface area contributed by atoms with Crippen molar-refractivity contribution in [3.8, 4) is 0 Å². The van der Waals surface area contributed by atoms with Crippen molar-refractivity contribution in [1.82, 2.24) is 9.88 Å². The number of carbonyl (C=O) groups is 1. The Bertz CT molecular complexity index is 433. The molecule has 1 aliphatic rings.